The molecule has 1 saturated heterocycles. The van der Waals surface area contributed by atoms with Crippen molar-refractivity contribution in [3.8, 4) is 0 Å². The number of nitrogens with zero attached hydrogens (tertiary/aromatic N) is 1. The Bertz CT molecular complexity index is 334. The Balaban J connectivity index is 2.54. The van der Waals surface area contributed by atoms with Crippen molar-refractivity contribution in [2.45, 2.75) is 52.5 Å². The highest BCUT2D eigenvalue weighted by molar-refractivity contribution is 5.78. The quantitative estimate of drug-likeness (QED) is 0.792. The van der Waals surface area contributed by atoms with Gasteiger partial charge in [-0.15, -0.1) is 0 Å². The molecule has 0 spiro atoms. The minimum Gasteiger partial charge on any atom is -0.481 e. The van der Waals surface area contributed by atoms with Crippen LogP contribution in [-0.4, -0.2) is 41.0 Å². The molecule has 0 bridgehead atoms. The molecule has 0 radical (unpaired) electrons. The number of hydrogen-bond acceptors (Lipinski definition) is 3. The van der Waals surface area contributed by atoms with E-state index in [4.69, 9.17) is 5.73 Å². The van der Waals surface area contributed by atoms with Crippen molar-refractivity contribution in [1.29, 1.82) is 0 Å². The fourth-order valence-corrected chi connectivity index (χ4v) is 2.47. The number of carboxylic acid groups (broad SMARTS) is 1. The van der Waals surface area contributed by atoms with Gasteiger partial charge in [0.25, 0.3) is 0 Å². The van der Waals surface area contributed by atoms with Gasteiger partial charge in [-0.2, -0.15) is 0 Å². The number of piperidine rings is 1. The van der Waals surface area contributed by atoms with E-state index in [0.717, 1.165) is 0 Å². The van der Waals surface area contributed by atoms with E-state index in [0.29, 0.717) is 38.8 Å². The maximum absolute atomic E-state index is 12.1. The first kappa shape index (κ1) is 16.0. The second kappa shape index (κ2) is 6.37. The molecule has 110 valence electrons. The van der Waals surface area contributed by atoms with Crippen LogP contribution in [0, 0.1) is 11.3 Å². The Hall–Kier alpha value is -1.10. The molecule has 0 aromatic heterocycles. The maximum Gasteiger partial charge on any atom is 0.309 e. The van der Waals surface area contributed by atoms with Crippen molar-refractivity contribution in [2.75, 3.05) is 13.1 Å². The summed E-state index contributed by atoms with van der Waals surface area (Å²) in [6.07, 6.45) is 2.06. The molecule has 19 heavy (non-hydrogen) atoms. The van der Waals surface area contributed by atoms with Gasteiger partial charge in [0, 0.05) is 25.6 Å². The molecular formula is C14H26N2O3. The van der Waals surface area contributed by atoms with Crippen LogP contribution in [-0.2, 0) is 9.59 Å². The first-order valence-electron chi connectivity index (χ1n) is 7.09. The number of amides is 1. The van der Waals surface area contributed by atoms with Crippen LogP contribution in [0.2, 0.25) is 0 Å². The number of likely N-dealkylation sites (tertiary alicyclic amines) is 1. The number of aliphatic carboxylic acids is 1. The van der Waals surface area contributed by atoms with Crippen LogP contribution in [0.1, 0.15) is 46.5 Å². The first-order valence-corrected chi connectivity index (χ1v) is 7.09. The van der Waals surface area contributed by atoms with Gasteiger partial charge in [0.15, 0.2) is 0 Å². The molecular weight excluding hydrogens is 244 g/mol. The van der Waals surface area contributed by atoms with E-state index < -0.39 is 11.4 Å². The van der Waals surface area contributed by atoms with E-state index >= 15 is 0 Å². The van der Waals surface area contributed by atoms with Gasteiger partial charge in [-0.25, -0.2) is 0 Å². The van der Waals surface area contributed by atoms with Gasteiger partial charge in [0.2, 0.25) is 5.91 Å². The third-order valence-electron chi connectivity index (χ3n) is 4.47. The van der Waals surface area contributed by atoms with Crippen LogP contribution in [0.5, 0.6) is 0 Å². The highest BCUT2D eigenvalue weighted by Crippen LogP contribution is 2.35. The van der Waals surface area contributed by atoms with Crippen molar-refractivity contribution in [3.05, 3.63) is 0 Å². The van der Waals surface area contributed by atoms with Crippen LogP contribution in [0.4, 0.5) is 0 Å². The third-order valence-corrected chi connectivity index (χ3v) is 4.47. The second-order valence-corrected chi connectivity index (χ2v) is 5.93. The van der Waals surface area contributed by atoms with Crippen molar-refractivity contribution in [2.24, 2.45) is 17.1 Å². The van der Waals surface area contributed by atoms with Gasteiger partial charge in [-0.3, -0.25) is 9.59 Å². The molecule has 0 saturated carbocycles. The van der Waals surface area contributed by atoms with Crippen LogP contribution in [0.25, 0.3) is 0 Å². The maximum atomic E-state index is 12.1. The van der Waals surface area contributed by atoms with E-state index in [-0.39, 0.29) is 17.9 Å². The van der Waals surface area contributed by atoms with E-state index in [1.807, 2.05) is 20.8 Å². The van der Waals surface area contributed by atoms with E-state index in [9.17, 15) is 14.7 Å². The van der Waals surface area contributed by atoms with Gasteiger partial charge >= 0.3 is 5.97 Å². The van der Waals surface area contributed by atoms with Gasteiger partial charge in [-0.1, -0.05) is 20.8 Å². The zero-order valence-corrected chi connectivity index (χ0v) is 12.2. The fraction of sp³-hybridized carbons (Fsp3) is 0.857. The largest absolute Gasteiger partial charge is 0.481 e. The SMILES string of the molecule is CCC1(C(=O)O)CCN(C(=O)CC(N)C(C)C)CC1. The molecule has 3 N–H and O–H groups in total. The molecule has 1 aliphatic heterocycles. The van der Waals surface area contributed by atoms with Crippen LogP contribution in [0.3, 0.4) is 0 Å². The van der Waals surface area contributed by atoms with E-state index in [1.54, 1.807) is 4.90 Å². The highest BCUT2D eigenvalue weighted by atomic mass is 16.4. The Morgan fingerprint density at radius 3 is 2.21 bits per heavy atom. The number of carbonyl (C=O) groups is 2. The Morgan fingerprint density at radius 1 is 1.32 bits per heavy atom. The summed E-state index contributed by atoms with van der Waals surface area (Å²) in [6.45, 7) is 6.97. The topological polar surface area (TPSA) is 83.6 Å². The van der Waals surface area contributed by atoms with Crippen molar-refractivity contribution >= 4 is 11.9 Å². The minimum atomic E-state index is -0.735. The van der Waals surface area contributed by atoms with Crippen LogP contribution < -0.4 is 5.73 Å². The average Bonchev–Trinajstić information content (AvgIpc) is 2.38. The van der Waals surface area contributed by atoms with Crippen molar-refractivity contribution in [3.63, 3.8) is 0 Å². The first-order chi connectivity index (χ1) is 8.82. The zero-order chi connectivity index (χ0) is 14.6. The lowest BCUT2D eigenvalue weighted by Crippen LogP contribution is -2.47. The molecule has 5 heteroatoms. The zero-order valence-electron chi connectivity index (χ0n) is 12.2. The summed E-state index contributed by atoms with van der Waals surface area (Å²) in [5, 5.41) is 9.31. The molecule has 1 atom stereocenters. The molecule has 0 aliphatic carbocycles. The smallest absolute Gasteiger partial charge is 0.309 e. The molecule has 1 aliphatic rings. The third kappa shape index (κ3) is 3.69. The molecule has 5 nitrogen and oxygen atoms in total. The standard InChI is InChI=1S/C14H26N2O3/c1-4-14(13(18)19)5-7-16(8-6-14)12(17)9-11(15)10(2)3/h10-11H,4-9,15H2,1-3H3,(H,18,19). The molecule has 1 heterocycles. The van der Waals surface area contributed by atoms with Crippen molar-refractivity contribution < 1.29 is 14.7 Å². The van der Waals surface area contributed by atoms with Gasteiger partial charge in [-0.05, 0) is 25.2 Å². The second-order valence-electron chi connectivity index (χ2n) is 5.93. The molecule has 1 unspecified atom stereocenters. The van der Waals surface area contributed by atoms with E-state index in [2.05, 4.69) is 0 Å². The summed E-state index contributed by atoms with van der Waals surface area (Å²) in [4.78, 5) is 25.2. The lowest BCUT2D eigenvalue weighted by Gasteiger charge is -2.38. The van der Waals surface area contributed by atoms with Gasteiger partial charge in [0.1, 0.15) is 0 Å². The fourth-order valence-electron chi connectivity index (χ4n) is 2.47. The number of nitrogens with two attached hydrogens (primary N) is 1. The van der Waals surface area contributed by atoms with Crippen molar-refractivity contribution in [1.82, 2.24) is 4.90 Å². The summed E-state index contributed by atoms with van der Waals surface area (Å²) in [5.74, 6) is -0.403. The number of carboxylic acids is 1. The Morgan fingerprint density at radius 2 is 1.84 bits per heavy atom. The van der Waals surface area contributed by atoms with Crippen LogP contribution >= 0.6 is 0 Å². The summed E-state index contributed by atoms with van der Waals surface area (Å²) in [6, 6.07) is -0.121. The lowest BCUT2D eigenvalue weighted by atomic mass is 9.76. The van der Waals surface area contributed by atoms with Gasteiger partial charge < -0.3 is 15.7 Å². The molecule has 1 amide bonds. The Kier molecular flexibility index (Phi) is 5.35. The molecule has 1 rings (SSSR count). The average molecular weight is 270 g/mol. The molecule has 1 fully saturated rings. The number of rotatable bonds is 5. The summed E-state index contributed by atoms with van der Waals surface area (Å²) in [7, 11) is 0. The normalized spacial score (nSPS) is 20.4. The summed E-state index contributed by atoms with van der Waals surface area (Å²) >= 11 is 0. The van der Waals surface area contributed by atoms with E-state index in [1.165, 1.54) is 0 Å². The van der Waals surface area contributed by atoms with Crippen LogP contribution in [0.15, 0.2) is 0 Å². The summed E-state index contributed by atoms with van der Waals surface area (Å²) in [5.41, 5.74) is 5.27. The molecule has 0 aromatic rings. The number of carbonyl (C=O) groups excluding carboxylic acids is 1. The monoisotopic (exact) mass is 270 g/mol. The molecule has 0 aromatic carbocycles. The van der Waals surface area contributed by atoms with Gasteiger partial charge in [0.05, 0.1) is 5.41 Å². The number of hydrogen-bond donors (Lipinski definition) is 2. The minimum absolute atomic E-state index is 0.0521. The predicted octanol–water partition coefficient (Wildman–Crippen LogP) is 1.46. The highest BCUT2D eigenvalue weighted by Gasteiger charge is 2.40. The lowest BCUT2D eigenvalue weighted by molar-refractivity contribution is -0.154. The Labute approximate surface area is 115 Å². The summed E-state index contributed by atoms with van der Waals surface area (Å²) < 4.78 is 0. The predicted molar refractivity (Wildman–Crippen MR) is 73.6 cm³/mol.